The van der Waals surface area contributed by atoms with E-state index in [1.54, 1.807) is 12.1 Å². The van der Waals surface area contributed by atoms with Crippen LogP contribution in [0.5, 0.6) is 0 Å². The molecular weight excluding hydrogens is 407 g/mol. The van der Waals surface area contributed by atoms with Crippen molar-refractivity contribution < 1.29 is 9.18 Å². The lowest BCUT2D eigenvalue weighted by atomic mass is 10.1. The average Bonchev–Trinajstić information content (AvgIpc) is 3.15. The predicted molar refractivity (Wildman–Crippen MR) is 127 cm³/mol. The lowest BCUT2D eigenvalue weighted by Crippen LogP contribution is -2.25. The summed E-state index contributed by atoms with van der Waals surface area (Å²) in [6, 6.07) is 18.5. The first-order chi connectivity index (χ1) is 14.9. The molecule has 1 aromatic heterocycles. The number of aryl methyl sites for hydroxylation is 1. The van der Waals surface area contributed by atoms with Gasteiger partial charge in [0.25, 0.3) is 5.91 Å². The summed E-state index contributed by atoms with van der Waals surface area (Å²) in [5, 5.41) is 2.86. The average molecular weight is 439 g/mol. The van der Waals surface area contributed by atoms with Gasteiger partial charge in [-0.05, 0) is 73.3 Å². The van der Waals surface area contributed by atoms with E-state index in [-0.39, 0.29) is 11.7 Å². The van der Waals surface area contributed by atoms with E-state index in [0.29, 0.717) is 18.0 Å². The fraction of sp³-hybridized carbons (Fsp3) is 0.346. The summed E-state index contributed by atoms with van der Waals surface area (Å²) in [4.78, 5) is 17.6. The van der Waals surface area contributed by atoms with Crippen LogP contribution in [-0.4, -0.2) is 17.4 Å². The first kappa shape index (κ1) is 23.2. The third-order valence-corrected chi connectivity index (χ3v) is 6.15. The lowest BCUT2D eigenvalue weighted by Gasteiger charge is -2.23. The number of hydrogen-bond acceptors (Lipinski definition) is 3. The van der Waals surface area contributed by atoms with Gasteiger partial charge in [-0.1, -0.05) is 38.1 Å². The molecule has 164 valence electrons. The van der Waals surface area contributed by atoms with Gasteiger partial charge in [0.05, 0.1) is 0 Å². The number of halogens is 1. The Bertz CT molecular complexity index is 981. The second-order valence-corrected chi connectivity index (χ2v) is 9.79. The molecule has 3 rings (SSSR count). The van der Waals surface area contributed by atoms with Crippen molar-refractivity contribution in [2.24, 2.45) is 5.92 Å². The summed E-state index contributed by atoms with van der Waals surface area (Å²) < 4.78 is 13.3. The van der Waals surface area contributed by atoms with Crippen molar-refractivity contribution >= 4 is 17.2 Å². The van der Waals surface area contributed by atoms with Crippen molar-refractivity contribution in [1.82, 2.24) is 10.2 Å². The molecule has 1 amide bonds. The molecule has 2 aromatic carbocycles. The van der Waals surface area contributed by atoms with Crippen molar-refractivity contribution in [3.63, 3.8) is 0 Å². The van der Waals surface area contributed by atoms with Crippen LogP contribution in [-0.2, 0) is 19.6 Å². The van der Waals surface area contributed by atoms with Crippen molar-refractivity contribution in [3.05, 3.63) is 92.9 Å². The van der Waals surface area contributed by atoms with Crippen LogP contribution in [0.15, 0.2) is 60.7 Å². The van der Waals surface area contributed by atoms with Crippen LogP contribution in [0.2, 0.25) is 0 Å². The minimum Gasteiger partial charge on any atom is -0.348 e. The third-order valence-electron chi connectivity index (χ3n) is 5.16. The zero-order valence-electron chi connectivity index (χ0n) is 18.5. The number of rotatable bonds is 10. The fourth-order valence-corrected chi connectivity index (χ4v) is 4.33. The Morgan fingerprint density at radius 1 is 1.03 bits per heavy atom. The van der Waals surface area contributed by atoms with Gasteiger partial charge in [0.1, 0.15) is 5.82 Å². The van der Waals surface area contributed by atoms with Crippen molar-refractivity contribution in [2.75, 3.05) is 6.54 Å². The molecule has 0 spiro atoms. The molecule has 0 aliphatic heterocycles. The van der Waals surface area contributed by atoms with Crippen LogP contribution in [0.25, 0.3) is 0 Å². The van der Waals surface area contributed by atoms with Crippen molar-refractivity contribution in [2.45, 2.75) is 46.8 Å². The molecule has 0 bridgehead atoms. The predicted octanol–water partition coefficient (Wildman–Crippen LogP) is 6.17. The van der Waals surface area contributed by atoms with Gasteiger partial charge in [-0.25, -0.2) is 4.39 Å². The van der Waals surface area contributed by atoms with Gasteiger partial charge in [0, 0.05) is 35.0 Å². The highest BCUT2D eigenvalue weighted by molar-refractivity contribution is 7.11. The van der Waals surface area contributed by atoms with Gasteiger partial charge in [-0.2, -0.15) is 0 Å². The molecule has 0 aliphatic rings. The SMILES string of the molecule is Cc1ccc(CN(CCC(C)C)Cc2ccc(C(=O)NCc3cccc(F)c3)cc2)s1. The number of thiophene rings is 1. The molecule has 3 aromatic rings. The van der Waals surface area contributed by atoms with E-state index in [1.165, 1.54) is 27.5 Å². The van der Waals surface area contributed by atoms with E-state index < -0.39 is 0 Å². The Balaban J connectivity index is 1.58. The molecule has 1 heterocycles. The number of nitrogens with one attached hydrogen (secondary N) is 1. The van der Waals surface area contributed by atoms with Crippen molar-refractivity contribution in [3.8, 4) is 0 Å². The molecule has 0 aliphatic carbocycles. The summed E-state index contributed by atoms with van der Waals surface area (Å²) in [6.07, 6.45) is 1.16. The maximum atomic E-state index is 13.3. The fourth-order valence-electron chi connectivity index (χ4n) is 3.40. The molecular formula is C26H31FN2OS. The Kier molecular flexibility index (Phi) is 8.38. The first-order valence-electron chi connectivity index (χ1n) is 10.8. The highest BCUT2D eigenvalue weighted by Crippen LogP contribution is 2.19. The number of nitrogens with zero attached hydrogens (tertiary/aromatic N) is 1. The second kappa shape index (κ2) is 11.2. The van der Waals surface area contributed by atoms with Crippen LogP contribution in [0.3, 0.4) is 0 Å². The maximum Gasteiger partial charge on any atom is 0.251 e. The lowest BCUT2D eigenvalue weighted by molar-refractivity contribution is 0.0951. The molecule has 31 heavy (non-hydrogen) atoms. The zero-order valence-corrected chi connectivity index (χ0v) is 19.3. The summed E-state index contributed by atoms with van der Waals surface area (Å²) in [5.41, 5.74) is 2.55. The molecule has 0 unspecified atom stereocenters. The molecule has 1 N–H and O–H groups in total. The number of carbonyl (C=O) groups excluding carboxylic acids is 1. The first-order valence-corrected chi connectivity index (χ1v) is 11.6. The molecule has 0 atom stereocenters. The largest absolute Gasteiger partial charge is 0.348 e. The van der Waals surface area contributed by atoms with E-state index in [2.05, 4.69) is 43.1 Å². The monoisotopic (exact) mass is 438 g/mol. The quantitative estimate of drug-likeness (QED) is 0.410. The van der Waals surface area contributed by atoms with Crippen LogP contribution in [0, 0.1) is 18.7 Å². The van der Waals surface area contributed by atoms with Crippen molar-refractivity contribution in [1.29, 1.82) is 0 Å². The van der Waals surface area contributed by atoms with E-state index in [0.717, 1.165) is 31.6 Å². The summed E-state index contributed by atoms with van der Waals surface area (Å²) in [5.74, 6) is 0.217. The maximum absolute atomic E-state index is 13.3. The van der Waals surface area contributed by atoms with Gasteiger partial charge in [-0.3, -0.25) is 9.69 Å². The van der Waals surface area contributed by atoms with Gasteiger partial charge in [0.15, 0.2) is 0 Å². The standard InChI is InChI=1S/C26H31FN2OS/c1-19(2)13-14-29(18-25-12-7-20(3)31-25)17-21-8-10-23(11-9-21)26(30)28-16-22-5-4-6-24(27)15-22/h4-12,15,19H,13-14,16-18H2,1-3H3,(H,28,30). The van der Waals surface area contributed by atoms with Crippen LogP contribution >= 0.6 is 11.3 Å². The summed E-state index contributed by atoms with van der Waals surface area (Å²) in [6.45, 7) is 9.81. The number of amides is 1. The highest BCUT2D eigenvalue weighted by atomic mass is 32.1. The van der Waals surface area contributed by atoms with Gasteiger partial charge in [0.2, 0.25) is 0 Å². The minimum atomic E-state index is -0.296. The normalized spacial score (nSPS) is 11.3. The second-order valence-electron chi connectivity index (χ2n) is 8.42. The van der Waals surface area contributed by atoms with Gasteiger partial charge >= 0.3 is 0 Å². The Hall–Kier alpha value is -2.50. The molecule has 0 fully saturated rings. The van der Waals surface area contributed by atoms with E-state index in [9.17, 15) is 9.18 Å². The van der Waals surface area contributed by atoms with Crippen LogP contribution in [0.4, 0.5) is 4.39 Å². The van der Waals surface area contributed by atoms with Crippen LogP contribution < -0.4 is 5.32 Å². The van der Waals surface area contributed by atoms with Gasteiger partial charge < -0.3 is 5.32 Å². The molecule has 0 radical (unpaired) electrons. The van der Waals surface area contributed by atoms with E-state index in [4.69, 9.17) is 0 Å². The number of benzene rings is 2. The van der Waals surface area contributed by atoms with E-state index in [1.807, 2.05) is 35.6 Å². The zero-order chi connectivity index (χ0) is 22.2. The minimum absolute atomic E-state index is 0.151. The topological polar surface area (TPSA) is 32.3 Å². The number of carbonyl (C=O) groups is 1. The molecule has 0 saturated carbocycles. The molecule has 5 heteroatoms. The number of hydrogen-bond donors (Lipinski definition) is 1. The van der Waals surface area contributed by atoms with Gasteiger partial charge in [-0.15, -0.1) is 11.3 Å². The third kappa shape index (κ3) is 7.60. The Morgan fingerprint density at radius 2 is 1.81 bits per heavy atom. The molecule has 3 nitrogen and oxygen atoms in total. The summed E-state index contributed by atoms with van der Waals surface area (Å²) >= 11 is 1.85. The summed E-state index contributed by atoms with van der Waals surface area (Å²) in [7, 11) is 0. The Morgan fingerprint density at radius 3 is 2.45 bits per heavy atom. The van der Waals surface area contributed by atoms with E-state index >= 15 is 0 Å². The smallest absolute Gasteiger partial charge is 0.251 e. The van der Waals surface area contributed by atoms with Crippen LogP contribution in [0.1, 0.15) is 51.5 Å². The molecule has 0 saturated heterocycles. The highest BCUT2D eigenvalue weighted by Gasteiger charge is 2.11. The Labute approximate surface area is 188 Å².